The molecule has 2 rings (SSSR count). The van der Waals surface area contributed by atoms with Gasteiger partial charge in [-0.2, -0.15) is 0 Å². The van der Waals surface area contributed by atoms with Crippen LogP contribution in [0.15, 0.2) is 60.7 Å². The molecule has 0 saturated carbocycles. The Morgan fingerprint density at radius 2 is 1.10 bits per heavy atom. The third-order valence-electron chi connectivity index (χ3n) is 3.89. The second kappa shape index (κ2) is 10.2. The summed E-state index contributed by atoms with van der Waals surface area (Å²) in [7, 11) is 2.11. The third-order valence-corrected chi connectivity index (χ3v) is 3.89. The van der Waals surface area contributed by atoms with E-state index < -0.39 is 0 Å². The Balaban J connectivity index is 0.000000315. The Hall–Kier alpha value is -1.60. The summed E-state index contributed by atoms with van der Waals surface area (Å²) in [4.78, 5) is 2.25. The molecular formula is C20H29N. The molecule has 114 valence electrons. The summed E-state index contributed by atoms with van der Waals surface area (Å²) < 4.78 is 0. The van der Waals surface area contributed by atoms with Crippen molar-refractivity contribution in [2.24, 2.45) is 0 Å². The molecule has 0 unspecified atom stereocenters. The third kappa shape index (κ3) is 6.14. The minimum absolute atomic E-state index is 0.535. The lowest BCUT2D eigenvalue weighted by molar-refractivity contribution is 0.373. The van der Waals surface area contributed by atoms with Crippen molar-refractivity contribution in [3.8, 4) is 0 Å². The van der Waals surface area contributed by atoms with Crippen LogP contribution in [0.4, 0.5) is 0 Å². The van der Waals surface area contributed by atoms with Gasteiger partial charge in [0.25, 0.3) is 0 Å². The first-order valence-electron chi connectivity index (χ1n) is 8.01. The highest BCUT2D eigenvalue weighted by Gasteiger charge is 2.10. The van der Waals surface area contributed by atoms with Crippen molar-refractivity contribution in [3.05, 3.63) is 71.8 Å². The highest BCUT2D eigenvalue weighted by atomic mass is 15.1. The van der Waals surface area contributed by atoms with Crippen LogP contribution in [-0.2, 0) is 0 Å². The van der Waals surface area contributed by atoms with Crippen LogP contribution < -0.4 is 0 Å². The molecule has 21 heavy (non-hydrogen) atoms. The Morgan fingerprint density at radius 1 is 0.714 bits per heavy atom. The van der Waals surface area contributed by atoms with Crippen molar-refractivity contribution in [2.75, 3.05) is 20.1 Å². The maximum atomic E-state index is 2.25. The van der Waals surface area contributed by atoms with Gasteiger partial charge in [-0.25, -0.2) is 0 Å². The number of benzene rings is 2. The first-order valence-corrected chi connectivity index (χ1v) is 8.01. The van der Waals surface area contributed by atoms with Crippen molar-refractivity contribution >= 4 is 0 Å². The van der Waals surface area contributed by atoms with E-state index in [2.05, 4.69) is 93.4 Å². The van der Waals surface area contributed by atoms with Gasteiger partial charge in [0, 0.05) is 5.92 Å². The molecule has 2 aromatic rings. The molecule has 0 aliphatic rings. The summed E-state index contributed by atoms with van der Waals surface area (Å²) in [5.74, 6) is 0.535. The van der Waals surface area contributed by atoms with E-state index in [-0.39, 0.29) is 0 Å². The summed E-state index contributed by atoms with van der Waals surface area (Å²) in [6.07, 6.45) is 1.15. The molecule has 0 amide bonds. The normalized spacial score (nSPS) is 10.4. The number of hydrogen-bond acceptors (Lipinski definition) is 1. The number of rotatable bonds is 5. The van der Waals surface area contributed by atoms with Crippen LogP contribution in [0.2, 0.25) is 0 Å². The molecule has 0 bridgehead atoms. The van der Waals surface area contributed by atoms with E-state index in [0.717, 1.165) is 19.5 Å². The number of nitrogens with zero attached hydrogens (tertiary/aromatic N) is 1. The smallest absolute Gasteiger partial charge is 0.00867 e. The first kappa shape index (κ1) is 17.5. The zero-order valence-corrected chi connectivity index (χ0v) is 13.9. The standard InChI is InChI=1S/C15H16.C5H13N/c1-2-15(13-9-5-3-6-10-13)14-11-7-4-8-12-14;1-4-6(3)5-2/h3-12,15H,2H2,1H3;4-5H2,1-3H3. The van der Waals surface area contributed by atoms with Gasteiger partial charge in [0.1, 0.15) is 0 Å². The van der Waals surface area contributed by atoms with Gasteiger partial charge in [0.05, 0.1) is 0 Å². The van der Waals surface area contributed by atoms with Gasteiger partial charge in [0.15, 0.2) is 0 Å². The van der Waals surface area contributed by atoms with Crippen molar-refractivity contribution < 1.29 is 0 Å². The van der Waals surface area contributed by atoms with Crippen LogP contribution in [0.1, 0.15) is 44.2 Å². The van der Waals surface area contributed by atoms with Crippen molar-refractivity contribution in [1.29, 1.82) is 0 Å². The monoisotopic (exact) mass is 283 g/mol. The zero-order chi connectivity index (χ0) is 15.5. The van der Waals surface area contributed by atoms with Crippen LogP contribution >= 0.6 is 0 Å². The second-order valence-corrected chi connectivity index (χ2v) is 5.27. The predicted molar refractivity (Wildman–Crippen MR) is 93.9 cm³/mol. The highest BCUT2D eigenvalue weighted by molar-refractivity contribution is 5.31. The fraction of sp³-hybridized carbons (Fsp3) is 0.400. The first-order chi connectivity index (χ1) is 10.2. The van der Waals surface area contributed by atoms with Crippen molar-refractivity contribution in [1.82, 2.24) is 4.90 Å². The van der Waals surface area contributed by atoms with Gasteiger partial charge in [0.2, 0.25) is 0 Å². The molecule has 0 N–H and O–H groups in total. The molecule has 1 heteroatoms. The van der Waals surface area contributed by atoms with Gasteiger partial charge in [-0.15, -0.1) is 0 Å². The van der Waals surface area contributed by atoms with Crippen molar-refractivity contribution in [2.45, 2.75) is 33.1 Å². The molecule has 0 aromatic heterocycles. The largest absolute Gasteiger partial charge is 0.307 e. The van der Waals surface area contributed by atoms with Gasteiger partial charge in [-0.05, 0) is 37.7 Å². The summed E-state index contributed by atoms with van der Waals surface area (Å²) in [6.45, 7) is 8.88. The SMILES string of the molecule is CCC(c1ccccc1)c1ccccc1.CCN(C)CC. The Bertz CT molecular complexity index is 420. The lowest BCUT2D eigenvalue weighted by atomic mass is 9.89. The van der Waals surface area contributed by atoms with Crippen LogP contribution in [0.5, 0.6) is 0 Å². The van der Waals surface area contributed by atoms with E-state index in [1.54, 1.807) is 0 Å². The van der Waals surface area contributed by atoms with E-state index >= 15 is 0 Å². The lowest BCUT2D eigenvalue weighted by Crippen LogP contribution is -2.15. The maximum absolute atomic E-state index is 2.25. The molecule has 0 saturated heterocycles. The highest BCUT2D eigenvalue weighted by Crippen LogP contribution is 2.26. The van der Waals surface area contributed by atoms with Crippen LogP contribution in [0.3, 0.4) is 0 Å². The van der Waals surface area contributed by atoms with E-state index in [9.17, 15) is 0 Å². The minimum Gasteiger partial charge on any atom is -0.307 e. The molecule has 1 nitrogen and oxygen atoms in total. The molecule has 0 fully saturated rings. The van der Waals surface area contributed by atoms with Gasteiger partial charge >= 0.3 is 0 Å². The van der Waals surface area contributed by atoms with E-state index in [0.29, 0.717) is 5.92 Å². The molecule has 0 radical (unpaired) electrons. The average molecular weight is 283 g/mol. The molecule has 0 heterocycles. The van der Waals surface area contributed by atoms with Gasteiger partial charge in [-0.1, -0.05) is 81.4 Å². The van der Waals surface area contributed by atoms with Crippen LogP contribution in [0.25, 0.3) is 0 Å². The molecule has 0 aliphatic carbocycles. The second-order valence-electron chi connectivity index (χ2n) is 5.27. The van der Waals surface area contributed by atoms with Gasteiger partial charge < -0.3 is 4.90 Å². The summed E-state index contributed by atoms with van der Waals surface area (Å²) in [6, 6.07) is 21.4. The summed E-state index contributed by atoms with van der Waals surface area (Å²) in [5.41, 5.74) is 2.82. The fourth-order valence-electron chi connectivity index (χ4n) is 2.26. The average Bonchev–Trinajstić information content (AvgIpc) is 2.57. The molecule has 2 aromatic carbocycles. The van der Waals surface area contributed by atoms with E-state index in [1.807, 2.05) is 0 Å². The Morgan fingerprint density at radius 3 is 1.33 bits per heavy atom. The van der Waals surface area contributed by atoms with E-state index in [1.165, 1.54) is 11.1 Å². The molecule has 0 spiro atoms. The minimum atomic E-state index is 0.535. The molecular weight excluding hydrogens is 254 g/mol. The lowest BCUT2D eigenvalue weighted by Gasteiger charge is -2.15. The molecule has 0 atom stereocenters. The number of hydrogen-bond donors (Lipinski definition) is 0. The zero-order valence-electron chi connectivity index (χ0n) is 13.9. The Labute approximate surface area is 130 Å². The van der Waals surface area contributed by atoms with E-state index in [4.69, 9.17) is 0 Å². The summed E-state index contributed by atoms with van der Waals surface area (Å²) in [5, 5.41) is 0. The van der Waals surface area contributed by atoms with Crippen LogP contribution in [0, 0.1) is 0 Å². The predicted octanol–water partition coefficient (Wildman–Crippen LogP) is 5.19. The fourth-order valence-corrected chi connectivity index (χ4v) is 2.26. The van der Waals surface area contributed by atoms with Gasteiger partial charge in [-0.3, -0.25) is 0 Å². The summed E-state index contributed by atoms with van der Waals surface area (Å²) >= 11 is 0. The quantitative estimate of drug-likeness (QED) is 0.730. The topological polar surface area (TPSA) is 3.24 Å². The maximum Gasteiger partial charge on any atom is 0.00867 e. The Kier molecular flexibility index (Phi) is 8.45. The van der Waals surface area contributed by atoms with Crippen LogP contribution in [-0.4, -0.2) is 25.0 Å². The molecule has 0 aliphatic heterocycles. The van der Waals surface area contributed by atoms with Crippen molar-refractivity contribution in [3.63, 3.8) is 0 Å².